The monoisotopic (exact) mass is 271 g/mol. The van der Waals surface area contributed by atoms with Crippen molar-refractivity contribution in [3.05, 3.63) is 11.1 Å². The molecule has 1 amide bonds. The zero-order chi connectivity index (χ0) is 13.4. The van der Waals surface area contributed by atoms with E-state index >= 15 is 0 Å². The third-order valence-corrected chi connectivity index (χ3v) is 3.28. The molecule has 0 aliphatic carbocycles. The summed E-state index contributed by atoms with van der Waals surface area (Å²) >= 11 is 1.14. The second-order valence-corrected chi connectivity index (χ2v) is 4.65. The number of carboxylic acids is 1. The van der Waals surface area contributed by atoms with Crippen molar-refractivity contribution in [1.82, 2.24) is 14.9 Å². The van der Waals surface area contributed by atoms with Gasteiger partial charge in [-0.05, 0) is 30.3 Å². The standard InChI is InChI=1S/C11H17N3O3S/c1-2-8(3-4-10(15)16)5-6-12-11(17)9-7-18-14-13-9/h7-8H,2-6H2,1H3,(H,12,17)(H,15,16). The summed E-state index contributed by atoms with van der Waals surface area (Å²) in [5, 5.41) is 16.6. The second-order valence-electron chi connectivity index (χ2n) is 4.04. The predicted molar refractivity (Wildman–Crippen MR) is 67.5 cm³/mol. The summed E-state index contributed by atoms with van der Waals surface area (Å²) in [5.74, 6) is -0.669. The zero-order valence-corrected chi connectivity index (χ0v) is 11.1. The SMILES string of the molecule is CCC(CCNC(=O)c1csnn1)CCC(=O)O. The lowest BCUT2D eigenvalue weighted by molar-refractivity contribution is -0.137. The average molecular weight is 271 g/mol. The Bertz CT molecular complexity index is 381. The van der Waals surface area contributed by atoms with Crippen LogP contribution in [-0.4, -0.2) is 33.1 Å². The van der Waals surface area contributed by atoms with E-state index in [1.807, 2.05) is 6.92 Å². The molecule has 0 saturated carbocycles. The highest BCUT2D eigenvalue weighted by Gasteiger charge is 2.11. The van der Waals surface area contributed by atoms with Crippen LogP contribution in [0.15, 0.2) is 5.38 Å². The van der Waals surface area contributed by atoms with Gasteiger partial charge in [0.25, 0.3) is 5.91 Å². The summed E-state index contributed by atoms with van der Waals surface area (Å²) in [6.07, 6.45) is 2.54. The van der Waals surface area contributed by atoms with Gasteiger partial charge in [0.15, 0.2) is 5.69 Å². The van der Waals surface area contributed by atoms with Gasteiger partial charge >= 0.3 is 5.97 Å². The quantitative estimate of drug-likeness (QED) is 0.748. The lowest BCUT2D eigenvalue weighted by Gasteiger charge is -2.13. The number of nitrogens with one attached hydrogen (secondary N) is 1. The van der Waals surface area contributed by atoms with Crippen LogP contribution in [0.3, 0.4) is 0 Å². The van der Waals surface area contributed by atoms with E-state index in [9.17, 15) is 9.59 Å². The summed E-state index contributed by atoms with van der Waals surface area (Å²) in [6, 6.07) is 0. The molecule has 0 saturated heterocycles. The van der Waals surface area contributed by atoms with Crippen LogP contribution in [0.1, 0.15) is 43.1 Å². The molecule has 0 fully saturated rings. The molecular weight excluding hydrogens is 254 g/mol. The van der Waals surface area contributed by atoms with Crippen molar-refractivity contribution in [2.45, 2.75) is 32.6 Å². The van der Waals surface area contributed by atoms with Crippen molar-refractivity contribution in [2.75, 3.05) is 6.54 Å². The molecule has 0 aromatic carbocycles. The predicted octanol–water partition coefficient (Wildman–Crippen LogP) is 1.55. The van der Waals surface area contributed by atoms with Gasteiger partial charge in [-0.1, -0.05) is 17.8 Å². The van der Waals surface area contributed by atoms with Crippen LogP contribution >= 0.6 is 11.5 Å². The average Bonchev–Trinajstić information content (AvgIpc) is 2.86. The van der Waals surface area contributed by atoms with Crippen LogP contribution < -0.4 is 5.32 Å². The van der Waals surface area contributed by atoms with Crippen molar-refractivity contribution >= 4 is 23.4 Å². The van der Waals surface area contributed by atoms with E-state index in [2.05, 4.69) is 14.9 Å². The van der Waals surface area contributed by atoms with Crippen molar-refractivity contribution in [3.8, 4) is 0 Å². The first-order chi connectivity index (χ1) is 8.63. The van der Waals surface area contributed by atoms with Crippen molar-refractivity contribution in [1.29, 1.82) is 0 Å². The lowest BCUT2D eigenvalue weighted by Crippen LogP contribution is -2.26. The minimum Gasteiger partial charge on any atom is -0.481 e. The molecule has 1 aromatic rings. The minimum atomic E-state index is -0.772. The van der Waals surface area contributed by atoms with E-state index < -0.39 is 5.97 Å². The zero-order valence-electron chi connectivity index (χ0n) is 10.3. The van der Waals surface area contributed by atoms with Gasteiger partial charge in [0.1, 0.15) is 0 Å². The Kier molecular flexibility index (Phi) is 6.27. The van der Waals surface area contributed by atoms with E-state index in [-0.39, 0.29) is 12.3 Å². The molecule has 1 atom stereocenters. The second kappa shape index (κ2) is 7.75. The van der Waals surface area contributed by atoms with E-state index in [1.54, 1.807) is 5.38 Å². The molecule has 1 rings (SSSR count). The number of carboxylic acid groups (broad SMARTS) is 1. The number of aromatic nitrogens is 2. The van der Waals surface area contributed by atoms with Gasteiger partial charge in [-0.25, -0.2) is 0 Å². The maximum Gasteiger partial charge on any atom is 0.303 e. The molecule has 6 nitrogen and oxygen atoms in total. The fraction of sp³-hybridized carbons (Fsp3) is 0.636. The Morgan fingerprint density at radius 1 is 1.50 bits per heavy atom. The highest BCUT2D eigenvalue weighted by atomic mass is 32.1. The van der Waals surface area contributed by atoms with Crippen LogP contribution in [0.2, 0.25) is 0 Å². The van der Waals surface area contributed by atoms with Crippen LogP contribution in [0, 0.1) is 5.92 Å². The first kappa shape index (κ1) is 14.6. The highest BCUT2D eigenvalue weighted by Crippen LogP contribution is 2.14. The summed E-state index contributed by atoms with van der Waals surface area (Å²) in [6.45, 7) is 2.56. The minimum absolute atomic E-state index is 0.183. The van der Waals surface area contributed by atoms with Crippen molar-refractivity contribution < 1.29 is 14.7 Å². The Morgan fingerprint density at radius 3 is 2.83 bits per heavy atom. The van der Waals surface area contributed by atoms with Crippen LogP contribution in [0.5, 0.6) is 0 Å². The van der Waals surface area contributed by atoms with Gasteiger partial charge in [-0.2, -0.15) is 0 Å². The van der Waals surface area contributed by atoms with Gasteiger partial charge in [0.05, 0.1) is 0 Å². The molecule has 1 aromatic heterocycles. The van der Waals surface area contributed by atoms with Crippen LogP contribution in [0.4, 0.5) is 0 Å². The Hall–Kier alpha value is -1.50. The van der Waals surface area contributed by atoms with Gasteiger partial charge in [0, 0.05) is 18.3 Å². The molecule has 0 aliphatic heterocycles. The number of nitrogens with zero attached hydrogens (tertiary/aromatic N) is 2. The molecule has 1 unspecified atom stereocenters. The summed E-state index contributed by atoms with van der Waals surface area (Å²) < 4.78 is 3.62. The molecular formula is C11H17N3O3S. The van der Waals surface area contributed by atoms with Crippen molar-refractivity contribution in [2.24, 2.45) is 5.92 Å². The van der Waals surface area contributed by atoms with Gasteiger partial charge < -0.3 is 10.4 Å². The molecule has 7 heteroatoms. The maximum atomic E-state index is 11.5. The summed E-state index contributed by atoms with van der Waals surface area (Å²) in [4.78, 5) is 22.0. The first-order valence-corrected chi connectivity index (χ1v) is 6.74. The number of carbonyl (C=O) groups is 2. The molecule has 1 heterocycles. The largest absolute Gasteiger partial charge is 0.481 e. The molecule has 18 heavy (non-hydrogen) atoms. The van der Waals surface area contributed by atoms with Crippen LogP contribution in [0.25, 0.3) is 0 Å². The molecule has 0 spiro atoms. The Morgan fingerprint density at radius 2 is 2.28 bits per heavy atom. The summed E-state index contributed by atoms with van der Waals surface area (Å²) in [7, 11) is 0. The fourth-order valence-corrected chi connectivity index (χ4v) is 2.06. The number of rotatable bonds is 8. The third-order valence-electron chi connectivity index (χ3n) is 2.77. The normalized spacial score (nSPS) is 12.1. The van der Waals surface area contributed by atoms with E-state index in [1.165, 1.54) is 0 Å². The molecule has 0 radical (unpaired) electrons. The van der Waals surface area contributed by atoms with E-state index in [0.717, 1.165) is 24.4 Å². The van der Waals surface area contributed by atoms with Gasteiger partial charge in [-0.3, -0.25) is 9.59 Å². The number of carbonyl (C=O) groups excluding carboxylic acids is 1. The third kappa shape index (κ3) is 5.22. The molecule has 0 aliphatic rings. The lowest BCUT2D eigenvalue weighted by atomic mass is 9.97. The topological polar surface area (TPSA) is 92.2 Å². The van der Waals surface area contributed by atoms with E-state index in [4.69, 9.17) is 5.11 Å². The fourth-order valence-electron chi connectivity index (χ4n) is 1.62. The van der Waals surface area contributed by atoms with Gasteiger partial charge in [-0.15, -0.1) is 5.10 Å². The smallest absolute Gasteiger partial charge is 0.303 e. The van der Waals surface area contributed by atoms with Crippen LogP contribution in [-0.2, 0) is 4.79 Å². The number of hydrogen-bond acceptors (Lipinski definition) is 5. The molecule has 0 bridgehead atoms. The maximum absolute atomic E-state index is 11.5. The summed E-state index contributed by atoms with van der Waals surface area (Å²) in [5.41, 5.74) is 0.332. The van der Waals surface area contributed by atoms with E-state index in [0.29, 0.717) is 24.6 Å². The Labute approximate surface area is 110 Å². The highest BCUT2D eigenvalue weighted by molar-refractivity contribution is 7.03. The number of amides is 1. The number of hydrogen-bond donors (Lipinski definition) is 2. The van der Waals surface area contributed by atoms with Crippen molar-refractivity contribution in [3.63, 3.8) is 0 Å². The van der Waals surface area contributed by atoms with Gasteiger partial charge in [0.2, 0.25) is 0 Å². The molecule has 100 valence electrons. The Balaban J connectivity index is 2.22. The first-order valence-electron chi connectivity index (χ1n) is 5.90. The number of aliphatic carboxylic acids is 1. The molecule has 2 N–H and O–H groups in total.